The Hall–Kier alpha value is -1.75. The number of anilines is 1. The molecule has 21 heavy (non-hydrogen) atoms. The summed E-state index contributed by atoms with van der Waals surface area (Å²) in [5, 5.41) is 11.0. The molecule has 9 nitrogen and oxygen atoms in total. The molecule has 0 aliphatic heterocycles. The number of hydrogen-bond donors (Lipinski definition) is 3. The second-order valence-electron chi connectivity index (χ2n) is 4.75. The van der Waals surface area contributed by atoms with Gasteiger partial charge in [0.2, 0.25) is 10.0 Å². The maximum Gasteiger partial charge on any atom is 0.291 e. The fourth-order valence-corrected chi connectivity index (χ4v) is 2.74. The van der Waals surface area contributed by atoms with Crippen molar-refractivity contribution in [2.45, 2.75) is 17.9 Å². The number of benzene rings is 1. The van der Waals surface area contributed by atoms with Crippen LogP contribution in [0.3, 0.4) is 0 Å². The molecule has 0 radical (unpaired) electrons. The Morgan fingerprint density at radius 3 is 2.52 bits per heavy atom. The summed E-state index contributed by atoms with van der Waals surface area (Å²) in [7, 11) is -0.359. The van der Waals surface area contributed by atoms with Crippen molar-refractivity contribution in [1.82, 2.24) is 9.62 Å². The minimum atomic E-state index is -3.98. The molecule has 0 aliphatic carbocycles. The lowest BCUT2D eigenvalue weighted by Gasteiger charge is -2.20. The van der Waals surface area contributed by atoms with E-state index in [0.29, 0.717) is 0 Å². The molecule has 1 rings (SSSR count). The van der Waals surface area contributed by atoms with E-state index in [4.69, 9.17) is 5.84 Å². The Balaban J connectivity index is 3.10. The predicted molar refractivity (Wildman–Crippen MR) is 79.2 cm³/mol. The van der Waals surface area contributed by atoms with E-state index in [1.165, 1.54) is 6.07 Å². The van der Waals surface area contributed by atoms with Crippen molar-refractivity contribution < 1.29 is 13.3 Å². The summed E-state index contributed by atoms with van der Waals surface area (Å²) in [5.74, 6) is 5.17. The van der Waals surface area contributed by atoms with Gasteiger partial charge in [0.05, 0.1) is 10.6 Å². The molecule has 0 fully saturated rings. The number of rotatable bonds is 7. The molecule has 10 heteroatoms. The van der Waals surface area contributed by atoms with Crippen LogP contribution in [0.1, 0.15) is 6.92 Å². The molecule has 0 aliphatic rings. The topological polar surface area (TPSA) is 131 Å². The van der Waals surface area contributed by atoms with E-state index < -0.39 is 25.5 Å². The third-order valence-electron chi connectivity index (χ3n) is 3.06. The lowest BCUT2D eigenvalue weighted by molar-refractivity contribution is -0.387. The second-order valence-corrected chi connectivity index (χ2v) is 6.48. The summed E-state index contributed by atoms with van der Waals surface area (Å²) in [4.78, 5) is 11.7. The highest BCUT2D eigenvalue weighted by Gasteiger charge is 2.26. The van der Waals surface area contributed by atoms with Gasteiger partial charge in [0.15, 0.2) is 4.90 Å². The normalized spacial score (nSPS) is 13.2. The largest absolute Gasteiger partial charge is 0.324 e. The molecular weight excluding hydrogens is 298 g/mol. The fraction of sp³-hybridized carbons (Fsp3) is 0.455. The first-order chi connectivity index (χ1) is 9.69. The number of nitrogens with zero attached hydrogens (tertiary/aromatic N) is 2. The summed E-state index contributed by atoms with van der Waals surface area (Å²) in [6.45, 7) is 1.97. The first kappa shape index (κ1) is 17.3. The van der Waals surface area contributed by atoms with Crippen LogP contribution in [0.2, 0.25) is 0 Å². The van der Waals surface area contributed by atoms with Crippen LogP contribution < -0.4 is 16.0 Å². The number of nitrogen functional groups attached to an aromatic ring is 1. The Morgan fingerprint density at radius 1 is 1.43 bits per heavy atom. The van der Waals surface area contributed by atoms with E-state index in [9.17, 15) is 18.5 Å². The predicted octanol–water partition coefficient (Wildman–Crippen LogP) is 0.109. The van der Waals surface area contributed by atoms with Gasteiger partial charge in [-0.15, -0.1) is 0 Å². The van der Waals surface area contributed by atoms with Crippen molar-refractivity contribution in [3.05, 3.63) is 28.3 Å². The van der Waals surface area contributed by atoms with Gasteiger partial charge in [-0.05, 0) is 33.2 Å². The van der Waals surface area contributed by atoms with Crippen molar-refractivity contribution in [3.63, 3.8) is 0 Å². The maximum atomic E-state index is 12.2. The minimum Gasteiger partial charge on any atom is -0.324 e. The van der Waals surface area contributed by atoms with Gasteiger partial charge in [0, 0.05) is 18.7 Å². The fourth-order valence-electron chi connectivity index (χ4n) is 1.47. The molecule has 0 spiro atoms. The third-order valence-corrected chi connectivity index (χ3v) is 4.53. The number of nitro groups is 1. The van der Waals surface area contributed by atoms with Crippen LogP contribution in [0.15, 0.2) is 23.1 Å². The standard InChI is InChI=1S/C11H19N5O4S/c1-8(15(2)3)7-13-21(19,20)11-5-4-9(14-12)6-10(11)16(17)18/h4-6,8,13-14H,7,12H2,1-3H3. The van der Waals surface area contributed by atoms with Gasteiger partial charge in [0.25, 0.3) is 5.69 Å². The molecule has 0 saturated heterocycles. The van der Waals surface area contributed by atoms with Crippen molar-refractivity contribution >= 4 is 21.4 Å². The zero-order valence-corrected chi connectivity index (χ0v) is 12.8. The first-order valence-electron chi connectivity index (χ1n) is 6.10. The van der Waals surface area contributed by atoms with E-state index in [1.54, 1.807) is 0 Å². The summed E-state index contributed by atoms with van der Waals surface area (Å²) in [6, 6.07) is 3.53. The number of nitro benzene ring substituents is 1. The van der Waals surface area contributed by atoms with Crippen LogP contribution in [-0.2, 0) is 10.0 Å². The molecule has 0 aromatic heterocycles. The molecule has 1 atom stereocenters. The molecular formula is C11H19N5O4S. The number of hydrazine groups is 1. The van der Waals surface area contributed by atoms with E-state index in [2.05, 4.69) is 10.1 Å². The van der Waals surface area contributed by atoms with Gasteiger partial charge in [-0.3, -0.25) is 16.0 Å². The summed E-state index contributed by atoms with van der Waals surface area (Å²) in [5.41, 5.74) is 1.96. The summed E-state index contributed by atoms with van der Waals surface area (Å²) in [6.07, 6.45) is 0. The zero-order chi connectivity index (χ0) is 16.2. The van der Waals surface area contributed by atoms with Crippen molar-refractivity contribution in [1.29, 1.82) is 0 Å². The quantitative estimate of drug-likeness (QED) is 0.369. The zero-order valence-electron chi connectivity index (χ0n) is 12.0. The van der Waals surface area contributed by atoms with Gasteiger partial charge >= 0.3 is 0 Å². The van der Waals surface area contributed by atoms with Crippen LogP contribution in [0.4, 0.5) is 11.4 Å². The lowest BCUT2D eigenvalue weighted by atomic mass is 10.3. The lowest BCUT2D eigenvalue weighted by Crippen LogP contribution is -2.38. The van der Waals surface area contributed by atoms with Crippen molar-refractivity contribution in [2.24, 2.45) is 5.84 Å². The van der Waals surface area contributed by atoms with Gasteiger partial charge in [-0.1, -0.05) is 0 Å². The molecule has 1 unspecified atom stereocenters. The van der Waals surface area contributed by atoms with Crippen LogP contribution >= 0.6 is 0 Å². The summed E-state index contributed by atoms with van der Waals surface area (Å²) >= 11 is 0. The molecule has 118 valence electrons. The molecule has 4 N–H and O–H groups in total. The Labute approximate surface area is 123 Å². The number of nitrogens with two attached hydrogens (primary N) is 1. The number of likely N-dealkylation sites (N-methyl/N-ethyl adjacent to an activating group) is 1. The highest BCUT2D eigenvalue weighted by Crippen LogP contribution is 2.26. The average Bonchev–Trinajstić information content (AvgIpc) is 2.43. The van der Waals surface area contributed by atoms with Gasteiger partial charge < -0.3 is 10.3 Å². The first-order valence-corrected chi connectivity index (χ1v) is 7.58. The molecule has 1 aromatic carbocycles. The number of sulfonamides is 1. The summed E-state index contributed by atoms with van der Waals surface area (Å²) < 4.78 is 26.8. The van der Waals surface area contributed by atoms with Crippen LogP contribution in [0.25, 0.3) is 0 Å². The smallest absolute Gasteiger partial charge is 0.291 e. The Morgan fingerprint density at radius 2 is 2.05 bits per heavy atom. The molecule has 1 aromatic rings. The average molecular weight is 317 g/mol. The van der Waals surface area contributed by atoms with E-state index in [1.807, 2.05) is 25.9 Å². The second kappa shape index (κ2) is 6.80. The monoisotopic (exact) mass is 317 g/mol. The molecule has 0 amide bonds. The van der Waals surface area contributed by atoms with Crippen LogP contribution in [0.5, 0.6) is 0 Å². The van der Waals surface area contributed by atoms with E-state index in [0.717, 1.165) is 12.1 Å². The molecule has 0 bridgehead atoms. The van der Waals surface area contributed by atoms with Crippen molar-refractivity contribution in [3.8, 4) is 0 Å². The number of hydrogen-bond acceptors (Lipinski definition) is 7. The van der Waals surface area contributed by atoms with Crippen LogP contribution in [-0.4, -0.2) is 44.9 Å². The van der Waals surface area contributed by atoms with Gasteiger partial charge in [-0.2, -0.15) is 0 Å². The van der Waals surface area contributed by atoms with Gasteiger partial charge in [0.1, 0.15) is 0 Å². The Kier molecular flexibility index (Phi) is 5.61. The highest BCUT2D eigenvalue weighted by atomic mass is 32.2. The van der Waals surface area contributed by atoms with Gasteiger partial charge in [-0.25, -0.2) is 13.1 Å². The molecule has 0 saturated carbocycles. The SMILES string of the molecule is CC(CNS(=O)(=O)c1ccc(NN)cc1[N+](=O)[O-])N(C)C. The third kappa shape index (κ3) is 4.36. The van der Waals surface area contributed by atoms with E-state index >= 15 is 0 Å². The van der Waals surface area contributed by atoms with E-state index in [-0.39, 0.29) is 18.3 Å². The number of nitrogens with one attached hydrogen (secondary N) is 2. The Bertz CT molecular complexity index is 617. The highest BCUT2D eigenvalue weighted by molar-refractivity contribution is 7.89. The maximum absolute atomic E-state index is 12.2. The van der Waals surface area contributed by atoms with Crippen molar-refractivity contribution in [2.75, 3.05) is 26.1 Å². The molecule has 0 heterocycles. The minimum absolute atomic E-state index is 0.0520. The van der Waals surface area contributed by atoms with Crippen LogP contribution in [0, 0.1) is 10.1 Å².